The van der Waals surface area contributed by atoms with Gasteiger partial charge in [0, 0.05) is 21.4 Å². The molecule has 122 valence electrons. The third-order valence-electron chi connectivity index (χ3n) is 3.68. The molecule has 0 saturated carbocycles. The molecule has 5 nitrogen and oxygen atoms in total. The third-order valence-corrected chi connectivity index (χ3v) is 4.54. The highest BCUT2D eigenvalue weighted by atomic mass is 32.1. The molecule has 0 saturated heterocycles. The zero-order chi connectivity index (χ0) is 16.9. The van der Waals surface area contributed by atoms with Crippen molar-refractivity contribution in [1.82, 2.24) is 15.6 Å². The van der Waals surface area contributed by atoms with E-state index >= 15 is 0 Å². The maximum atomic E-state index is 12.0. The first-order valence-electron chi connectivity index (χ1n) is 7.68. The van der Waals surface area contributed by atoms with E-state index in [4.69, 9.17) is 0 Å². The van der Waals surface area contributed by atoms with Crippen LogP contribution < -0.4 is 5.43 Å². The summed E-state index contributed by atoms with van der Waals surface area (Å²) < 4.78 is 0. The molecular weight excluding hydrogens is 320 g/mol. The van der Waals surface area contributed by atoms with Gasteiger partial charge in [0.15, 0.2) is 0 Å². The lowest BCUT2D eigenvalue weighted by molar-refractivity contribution is 0.0955. The zero-order valence-corrected chi connectivity index (χ0v) is 14.4. The minimum atomic E-state index is -0.215. The summed E-state index contributed by atoms with van der Waals surface area (Å²) in [6, 6.07) is 10.1. The molecule has 2 aromatic heterocycles. The fourth-order valence-electron chi connectivity index (χ4n) is 2.32. The second kappa shape index (κ2) is 7.23. The molecule has 3 rings (SSSR count). The number of nitrogens with one attached hydrogen (secondary N) is 2. The highest BCUT2D eigenvalue weighted by Crippen LogP contribution is 2.20. The number of carbonyl (C=O) groups is 1. The van der Waals surface area contributed by atoms with Crippen LogP contribution in [0.15, 0.2) is 47.0 Å². The van der Waals surface area contributed by atoms with E-state index in [1.165, 1.54) is 16.9 Å². The Kier molecular flexibility index (Phi) is 4.86. The van der Waals surface area contributed by atoms with Gasteiger partial charge in [-0.15, -0.1) is 11.3 Å². The van der Waals surface area contributed by atoms with E-state index in [2.05, 4.69) is 51.9 Å². The van der Waals surface area contributed by atoms with Gasteiger partial charge in [0.2, 0.25) is 0 Å². The molecule has 0 aliphatic carbocycles. The monoisotopic (exact) mass is 338 g/mol. The van der Waals surface area contributed by atoms with Crippen molar-refractivity contribution in [3.8, 4) is 11.3 Å². The predicted molar refractivity (Wildman–Crippen MR) is 97.5 cm³/mol. The Morgan fingerprint density at radius 1 is 1.38 bits per heavy atom. The average molecular weight is 338 g/mol. The van der Waals surface area contributed by atoms with E-state index in [-0.39, 0.29) is 5.91 Å². The number of carbonyl (C=O) groups excluding carboxylic acids is 1. The Morgan fingerprint density at radius 2 is 2.17 bits per heavy atom. The van der Waals surface area contributed by atoms with Gasteiger partial charge < -0.3 is 0 Å². The topological polar surface area (TPSA) is 70.1 Å². The van der Waals surface area contributed by atoms with Gasteiger partial charge >= 0.3 is 0 Å². The lowest BCUT2D eigenvalue weighted by Crippen LogP contribution is -2.16. The Labute approximate surface area is 144 Å². The molecule has 0 unspecified atom stereocenters. The Balaban J connectivity index is 1.71. The first kappa shape index (κ1) is 16.1. The quantitative estimate of drug-likeness (QED) is 0.549. The maximum absolute atomic E-state index is 12.0. The minimum absolute atomic E-state index is 0.215. The van der Waals surface area contributed by atoms with E-state index in [1.807, 2.05) is 18.4 Å². The maximum Gasteiger partial charge on any atom is 0.272 e. The van der Waals surface area contributed by atoms with Gasteiger partial charge in [-0.2, -0.15) is 10.2 Å². The van der Waals surface area contributed by atoms with Crippen LogP contribution in [-0.4, -0.2) is 22.3 Å². The summed E-state index contributed by atoms with van der Waals surface area (Å²) >= 11 is 1.54. The molecule has 1 aromatic carbocycles. The molecule has 0 spiro atoms. The summed E-state index contributed by atoms with van der Waals surface area (Å²) in [5.41, 5.74) is 7.18. The smallest absolute Gasteiger partial charge is 0.272 e. The number of benzene rings is 1. The number of aromatic nitrogens is 2. The van der Waals surface area contributed by atoms with Gasteiger partial charge in [-0.05, 0) is 25.0 Å². The van der Waals surface area contributed by atoms with Crippen LogP contribution in [0.4, 0.5) is 0 Å². The fourth-order valence-corrected chi connectivity index (χ4v) is 3.00. The van der Waals surface area contributed by atoms with E-state index in [1.54, 1.807) is 12.4 Å². The van der Waals surface area contributed by atoms with E-state index in [9.17, 15) is 4.79 Å². The first-order valence-corrected chi connectivity index (χ1v) is 8.56. The molecule has 0 fully saturated rings. The van der Waals surface area contributed by atoms with Crippen LogP contribution >= 0.6 is 11.3 Å². The van der Waals surface area contributed by atoms with E-state index in [0.29, 0.717) is 5.56 Å². The number of H-pyrrole nitrogens is 1. The largest absolute Gasteiger partial charge is 0.277 e. The summed E-state index contributed by atoms with van der Waals surface area (Å²) in [7, 11) is 0. The molecule has 2 N–H and O–H groups in total. The molecule has 3 aromatic rings. The number of nitrogens with zero attached hydrogens (tertiary/aromatic N) is 2. The van der Waals surface area contributed by atoms with Gasteiger partial charge in [0.25, 0.3) is 5.91 Å². The van der Waals surface area contributed by atoms with Gasteiger partial charge in [-0.1, -0.05) is 31.2 Å². The number of thiophene rings is 1. The molecule has 0 aliphatic rings. The number of amides is 1. The second-order valence-corrected chi connectivity index (χ2v) is 6.51. The number of aromatic amines is 1. The van der Waals surface area contributed by atoms with Crippen molar-refractivity contribution < 1.29 is 4.79 Å². The van der Waals surface area contributed by atoms with Crippen molar-refractivity contribution in [3.63, 3.8) is 0 Å². The van der Waals surface area contributed by atoms with Crippen LogP contribution in [0.2, 0.25) is 0 Å². The SMILES string of the molecule is CCc1ccc(-c2[nH]ncc2/C=N\NC(=O)c2csc(C)c2)cc1. The van der Waals surface area contributed by atoms with Crippen molar-refractivity contribution in [1.29, 1.82) is 0 Å². The lowest BCUT2D eigenvalue weighted by Gasteiger charge is -2.02. The highest BCUT2D eigenvalue weighted by Gasteiger charge is 2.08. The molecule has 0 bridgehead atoms. The normalized spacial score (nSPS) is 11.1. The summed E-state index contributed by atoms with van der Waals surface area (Å²) in [5, 5.41) is 12.9. The van der Waals surface area contributed by atoms with Gasteiger partial charge in [0.05, 0.1) is 23.7 Å². The molecule has 24 heavy (non-hydrogen) atoms. The minimum Gasteiger partial charge on any atom is -0.277 e. The number of rotatable bonds is 5. The van der Waals surface area contributed by atoms with Crippen molar-refractivity contribution in [2.24, 2.45) is 5.10 Å². The number of hydrogen-bond donors (Lipinski definition) is 2. The molecule has 0 aliphatic heterocycles. The first-order chi connectivity index (χ1) is 11.7. The second-order valence-electron chi connectivity index (χ2n) is 5.40. The number of hydrogen-bond acceptors (Lipinski definition) is 4. The van der Waals surface area contributed by atoms with E-state index in [0.717, 1.165) is 28.1 Å². The third kappa shape index (κ3) is 3.60. The number of aryl methyl sites for hydroxylation is 2. The van der Waals surface area contributed by atoms with Gasteiger partial charge in [0.1, 0.15) is 0 Å². The lowest BCUT2D eigenvalue weighted by atomic mass is 10.1. The summed E-state index contributed by atoms with van der Waals surface area (Å²) in [5.74, 6) is -0.215. The summed E-state index contributed by atoms with van der Waals surface area (Å²) in [6.45, 7) is 4.09. The van der Waals surface area contributed by atoms with Crippen LogP contribution in [0.1, 0.15) is 33.3 Å². The average Bonchev–Trinajstić information content (AvgIpc) is 3.24. The highest BCUT2D eigenvalue weighted by molar-refractivity contribution is 7.10. The van der Waals surface area contributed by atoms with Crippen LogP contribution in [-0.2, 0) is 6.42 Å². The van der Waals surface area contributed by atoms with E-state index < -0.39 is 0 Å². The predicted octanol–water partition coefficient (Wildman–Crippen LogP) is 3.77. The van der Waals surface area contributed by atoms with Crippen molar-refractivity contribution in [2.45, 2.75) is 20.3 Å². The zero-order valence-electron chi connectivity index (χ0n) is 13.5. The standard InChI is InChI=1S/C18H18N4OS/c1-3-13-4-6-14(7-5-13)17-16(9-19-21-17)10-20-22-18(23)15-8-12(2)24-11-15/h4-11H,3H2,1-2H3,(H,19,21)(H,22,23)/b20-10-. The molecule has 6 heteroatoms. The Hall–Kier alpha value is -2.73. The summed E-state index contributed by atoms with van der Waals surface area (Å²) in [4.78, 5) is 13.1. The van der Waals surface area contributed by atoms with Crippen LogP contribution in [0.5, 0.6) is 0 Å². The van der Waals surface area contributed by atoms with Crippen molar-refractivity contribution in [3.05, 3.63) is 63.5 Å². The molecule has 0 atom stereocenters. The number of hydrazone groups is 1. The van der Waals surface area contributed by atoms with Crippen molar-refractivity contribution in [2.75, 3.05) is 0 Å². The fraction of sp³-hybridized carbons (Fsp3) is 0.167. The van der Waals surface area contributed by atoms with Crippen LogP contribution in [0.25, 0.3) is 11.3 Å². The van der Waals surface area contributed by atoms with Crippen molar-refractivity contribution >= 4 is 23.5 Å². The Bertz CT molecular complexity index is 861. The molecule has 1 amide bonds. The Morgan fingerprint density at radius 3 is 2.83 bits per heavy atom. The van der Waals surface area contributed by atoms with Gasteiger partial charge in [-0.3, -0.25) is 9.89 Å². The van der Waals surface area contributed by atoms with Crippen LogP contribution in [0, 0.1) is 6.92 Å². The summed E-state index contributed by atoms with van der Waals surface area (Å²) in [6.07, 6.45) is 4.29. The van der Waals surface area contributed by atoms with Gasteiger partial charge in [-0.25, -0.2) is 5.43 Å². The molecule has 0 radical (unpaired) electrons. The molecular formula is C18H18N4OS. The molecule has 2 heterocycles. The van der Waals surface area contributed by atoms with Crippen LogP contribution in [0.3, 0.4) is 0 Å².